The third-order valence-electron chi connectivity index (χ3n) is 2.34. The summed E-state index contributed by atoms with van der Waals surface area (Å²) in [6.45, 7) is 11.1. The molecular formula is C11H23NO2. The minimum atomic E-state index is -0.385. The second-order valence-electron chi connectivity index (χ2n) is 4.84. The fourth-order valence-electron chi connectivity index (χ4n) is 1.52. The zero-order chi connectivity index (χ0) is 10.6. The number of ether oxygens (including phenoxy) is 2. The van der Waals surface area contributed by atoms with Crippen molar-refractivity contribution in [3.05, 3.63) is 0 Å². The van der Waals surface area contributed by atoms with E-state index in [1.54, 1.807) is 0 Å². The Morgan fingerprint density at radius 1 is 1.43 bits per heavy atom. The molecule has 0 radical (unpaired) electrons. The zero-order valence-electron chi connectivity index (χ0n) is 9.80. The Balaban J connectivity index is 2.03. The van der Waals surface area contributed by atoms with Crippen molar-refractivity contribution in [1.82, 2.24) is 5.32 Å². The molecule has 1 saturated heterocycles. The summed E-state index contributed by atoms with van der Waals surface area (Å²) in [6.07, 6.45) is 1.44. The van der Waals surface area contributed by atoms with Gasteiger partial charge in [0.25, 0.3) is 0 Å². The van der Waals surface area contributed by atoms with E-state index >= 15 is 0 Å². The molecule has 0 bridgehead atoms. The van der Waals surface area contributed by atoms with Crippen LogP contribution in [0.1, 0.15) is 34.1 Å². The van der Waals surface area contributed by atoms with Crippen molar-refractivity contribution in [2.45, 2.75) is 46.0 Å². The molecule has 0 aromatic heterocycles. The van der Waals surface area contributed by atoms with Crippen molar-refractivity contribution in [3.63, 3.8) is 0 Å². The van der Waals surface area contributed by atoms with Gasteiger partial charge in [-0.3, -0.25) is 0 Å². The van der Waals surface area contributed by atoms with E-state index in [0.717, 1.165) is 19.0 Å². The van der Waals surface area contributed by atoms with Crippen molar-refractivity contribution in [1.29, 1.82) is 0 Å². The molecular weight excluding hydrogens is 178 g/mol. The van der Waals surface area contributed by atoms with Crippen molar-refractivity contribution >= 4 is 0 Å². The molecule has 0 aromatic carbocycles. The Morgan fingerprint density at radius 2 is 2.14 bits per heavy atom. The quantitative estimate of drug-likeness (QED) is 0.688. The lowest BCUT2D eigenvalue weighted by Crippen LogP contribution is -2.31. The Morgan fingerprint density at radius 3 is 2.64 bits per heavy atom. The van der Waals surface area contributed by atoms with Crippen LogP contribution in [0.3, 0.4) is 0 Å². The molecule has 0 spiro atoms. The van der Waals surface area contributed by atoms with Crippen molar-refractivity contribution in [3.8, 4) is 0 Å². The molecule has 1 atom stereocenters. The summed E-state index contributed by atoms with van der Waals surface area (Å²) in [4.78, 5) is 0. The summed E-state index contributed by atoms with van der Waals surface area (Å²) in [5, 5.41) is 3.39. The number of rotatable bonds is 5. The SMILES string of the molecule is CC(C)CCNCC1COC(C)(C)O1. The van der Waals surface area contributed by atoms with Gasteiger partial charge in [0.05, 0.1) is 12.7 Å². The van der Waals surface area contributed by atoms with Crippen LogP contribution in [-0.2, 0) is 9.47 Å². The fraction of sp³-hybridized carbons (Fsp3) is 1.00. The monoisotopic (exact) mass is 201 g/mol. The van der Waals surface area contributed by atoms with E-state index in [4.69, 9.17) is 9.47 Å². The molecule has 3 heteroatoms. The molecule has 0 aliphatic carbocycles. The number of hydrogen-bond acceptors (Lipinski definition) is 3. The lowest BCUT2D eigenvalue weighted by molar-refractivity contribution is -0.137. The largest absolute Gasteiger partial charge is 0.348 e. The second kappa shape index (κ2) is 5.10. The van der Waals surface area contributed by atoms with Crippen LogP contribution in [0.15, 0.2) is 0 Å². The van der Waals surface area contributed by atoms with E-state index in [2.05, 4.69) is 19.2 Å². The average Bonchev–Trinajstić information content (AvgIpc) is 2.39. The topological polar surface area (TPSA) is 30.5 Å². The Hall–Kier alpha value is -0.120. The Bertz CT molecular complexity index is 169. The molecule has 1 rings (SSSR count). The van der Waals surface area contributed by atoms with Crippen LogP contribution >= 0.6 is 0 Å². The maximum Gasteiger partial charge on any atom is 0.163 e. The van der Waals surface area contributed by atoms with Gasteiger partial charge in [0.15, 0.2) is 5.79 Å². The van der Waals surface area contributed by atoms with Crippen LogP contribution in [0, 0.1) is 5.92 Å². The first kappa shape index (κ1) is 12.0. The highest BCUT2D eigenvalue weighted by Crippen LogP contribution is 2.21. The van der Waals surface area contributed by atoms with Gasteiger partial charge in [0, 0.05) is 6.54 Å². The third kappa shape index (κ3) is 4.40. The van der Waals surface area contributed by atoms with Crippen LogP contribution in [-0.4, -0.2) is 31.6 Å². The van der Waals surface area contributed by atoms with Gasteiger partial charge in [0.2, 0.25) is 0 Å². The van der Waals surface area contributed by atoms with Crippen LogP contribution in [0.2, 0.25) is 0 Å². The van der Waals surface area contributed by atoms with Gasteiger partial charge in [-0.05, 0) is 32.7 Å². The highest BCUT2D eigenvalue weighted by Gasteiger charge is 2.31. The van der Waals surface area contributed by atoms with Crippen molar-refractivity contribution in [2.75, 3.05) is 19.7 Å². The molecule has 1 N–H and O–H groups in total. The van der Waals surface area contributed by atoms with E-state index in [0.29, 0.717) is 6.61 Å². The average molecular weight is 201 g/mol. The van der Waals surface area contributed by atoms with E-state index < -0.39 is 0 Å². The van der Waals surface area contributed by atoms with Gasteiger partial charge >= 0.3 is 0 Å². The molecule has 3 nitrogen and oxygen atoms in total. The Kier molecular flexibility index (Phi) is 4.35. The van der Waals surface area contributed by atoms with Crippen LogP contribution in [0.25, 0.3) is 0 Å². The first-order chi connectivity index (χ1) is 6.49. The van der Waals surface area contributed by atoms with Gasteiger partial charge in [-0.2, -0.15) is 0 Å². The molecule has 1 unspecified atom stereocenters. The van der Waals surface area contributed by atoms with E-state index in [1.165, 1.54) is 6.42 Å². The fourth-order valence-corrected chi connectivity index (χ4v) is 1.52. The van der Waals surface area contributed by atoms with Gasteiger partial charge in [0.1, 0.15) is 0 Å². The molecule has 1 aliphatic rings. The van der Waals surface area contributed by atoms with Gasteiger partial charge in [-0.15, -0.1) is 0 Å². The van der Waals surface area contributed by atoms with E-state index in [9.17, 15) is 0 Å². The second-order valence-corrected chi connectivity index (χ2v) is 4.84. The molecule has 84 valence electrons. The predicted molar refractivity (Wildman–Crippen MR) is 57.2 cm³/mol. The summed E-state index contributed by atoms with van der Waals surface area (Å²) >= 11 is 0. The minimum absolute atomic E-state index is 0.220. The summed E-state index contributed by atoms with van der Waals surface area (Å²) < 4.78 is 11.1. The number of hydrogen-bond donors (Lipinski definition) is 1. The molecule has 0 saturated carbocycles. The first-order valence-corrected chi connectivity index (χ1v) is 5.52. The maximum absolute atomic E-state index is 5.67. The summed E-state index contributed by atoms with van der Waals surface area (Å²) in [5.74, 6) is 0.379. The molecule has 14 heavy (non-hydrogen) atoms. The summed E-state index contributed by atoms with van der Waals surface area (Å²) in [5.41, 5.74) is 0. The standard InChI is InChI=1S/C11H23NO2/c1-9(2)5-6-12-7-10-8-13-11(3,4)14-10/h9-10,12H,5-8H2,1-4H3. The summed E-state index contributed by atoms with van der Waals surface area (Å²) in [6, 6.07) is 0. The van der Waals surface area contributed by atoms with Crippen molar-refractivity contribution in [2.24, 2.45) is 5.92 Å². The van der Waals surface area contributed by atoms with Crippen LogP contribution in [0.4, 0.5) is 0 Å². The normalized spacial score (nSPS) is 25.9. The highest BCUT2D eigenvalue weighted by molar-refractivity contribution is 4.72. The first-order valence-electron chi connectivity index (χ1n) is 5.52. The van der Waals surface area contributed by atoms with Gasteiger partial charge in [-0.25, -0.2) is 0 Å². The summed E-state index contributed by atoms with van der Waals surface area (Å²) in [7, 11) is 0. The molecule has 0 amide bonds. The number of nitrogens with one attached hydrogen (secondary N) is 1. The maximum atomic E-state index is 5.67. The van der Waals surface area contributed by atoms with Gasteiger partial charge in [-0.1, -0.05) is 13.8 Å². The molecule has 1 heterocycles. The third-order valence-corrected chi connectivity index (χ3v) is 2.34. The lowest BCUT2D eigenvalue weighted by Gasteiger charge is -2.17. The molecule has 1 fully saturated rings. The van der Waals surface area contributed by atoms with E-state index in [1.807, 2.05) is 13.8 Å². The smallest absolute Gasteiger partial charge is 0.163 e. The zero-order valence-corrected chi connectivity index (χ0v) is 9.80. The molecule has 1 aliphatic heterocycles. The van der Waals surface area contributed by atoms with Crippen LogP contribution < -0.4 is 5.32 Å². The van der Waals surface area contributed by atoms with Crippen molar-refractivity contribution < 1.29 is 9.47 Å². The lowest BCUT2D eigenvalue weighted by atomic mass is 10.1. The molecule has 0 aromatic rings. The van der Waals surface area contributed by atoms with Gasteiger partial charge < -0.3 is 14.8 Å². The predicted octanol–water partition coefficient (Wildman–Crippen LogP) is 1.77. The van der Waals surface area contributed by atoms with Crippen LogP contribution in [0.5, 0.6) is 0 Å². The highest BCUT2D eigenvalue weighted by atomic mass is 16.7. The van der Waals surface area contributed by atoms with E-state index in [-0.39, 0.29) is 11.9 Å². The minimum Gasteiger partial charge on any atom is -0.348 e. The Labute approximate surface area is 87.2 Å².